The van der Waals surface area contributed by atoms with Crippen molar-refractivity contribution in [3.05, 3.63) is 58.3 Å². The highest BCUT2D eigenvalue weighted by Gasteiger charge is 2.13. The van der Waals surface area contributed by atoms with Crippen molar-refractivity contribution in [1.29, 1.82) is 0 Å². The fourth-order valence-corrected chi connectivity index (χ4v) is 1.98. The van der Waals surface area contributed by atoms with Gasteiger partial charge >= 0.3 is 0 Å². The molecule has 0 aliphatic rings. The summed E-state index contributed by atoms with van der Waals surface area (Å²) in [5.41, 5.74) is 1.36. The number of ether oxygens (including phenoxy) is 1. The maximum Gasteiger partial charge on any atom is 0.172 e. The number of halogens is 1. The molecule has 0 aliphatic carbocycles. The fourth-order valence-electron chi connectivity index (χ4n) is 1.75. The Morgan fingerprint density at radius 3 is 2.74 bits per heavy atom. The summed E-state index contributed by atoms with van der Waals surface area (Å²) in [6.45, 7) is 2.44. The zero-order chi connectivity index (χ0) is 13.7. The number of carbonyl (C=O) groups is 1. The lowest BCUT2D eigenvalue weighted by Gasteiger charge is -2.08. The molecule has 0 bridgehead atoms. The van der Waals surface area contributed by atoms with Crippen LogP contribution in [0, 0.1) is 0 Å². The summed E-state index contributed by atoms with van der Waals surface area (Å²) < 4.78 is 6.37. The van der Waals surface area contributed by atoms with Crippen LogP contribution >= 0.6 is 15.9 Å². The summed E-state index contributed by atoms with van der Waals surface area (Å²) >= 11 is 3.32. The second-order valence-electron chi connectivity index (χ2n) is 4.00. The fraction of sp³-hybridized carbons (Fsp3) is 0.200. The lowest BCUT2D eigenvalue weighted by Crippen LogP contribution is -2.07. The molecule has 19 heavy (non-hydrogen) atoms. The van der Waals surface area contributed by atoms with E-state index in [1.165, 1.54) is 0 Å². The number of pyridine rings is 1. The Morgan fingerprint density at radius 1 is 1.26 bits per heavy atom. The predicted molar refractivity (Wildman–Crippen MR) is 77.6 cm³/mol. The molecule has 3 nitrogen and oxygen atoms in total. The minimum Gasteiger partial charge on any atom is -0.493 e. The van der Waals surface area contributed by atoms with Crippen LogP contribution in [-0.4, -0.2) is 17.4 Å². The second-order valence-corrected chi connectivity index (χ2v) is 4.91. The molecule has 0 N–H and O–H groups in total. The summed E-state index contributed by atoms with van der Waals surface area (Å²) in [6.07, 6.45) is 1.97. The van der Waals surface area contributed by atoms with Gasteiger partial charge in [-0.1, -0.05) is 12.1 Å². The van der Waals surface area contributed by atoms with E-state index < -0.39 is 0 Å². The Labute approximate surface area is 120 Å². The number of Topliss-reactive ketones (excluding diaryl/α,β-unsaturated/α-hetero) is 1. The predicted octanol–water partition coefficient (Wildman–Crippen LogP) is 3.67. The van der Waals surface area contributed by atoms with Crippen LogP contribution in [0.2, 0.25) is 0 Å². The van der Waals surface area contributed by atoms with Crippen LogP contribution in [-0.2, 0) is 6.42 Å². The molecular weight excluding hydrogens is 306 g/mol. The molecule has 2 rings (SSSR count). The minimum absolute atomic E-state index is 0.0128. The van der Waals surface area contributed by atoms with E-state index >= 15 is 0 Å². The van der Waals surface area contributed by atoms with Gasteiger partial charge in [-0.3, -0.25) is 9.78 Å². The molecule has 1 heterocycles. The van der Waals surface area contributed by atoms with Crippen molar-refractivity contribution in [2.45, 2.75) is 13.3 Å². The number of para-hydroxylation sites is 1. The number of benzene rings is 1. The first-order valence-electron chi connectivity index (χ1n) is 6.06. The van der Waals surface area contributed by atoms with Crippen LogP contribution in [0.4, 0.5) is 0 Å². The van der Waals surface area contributed by atoms with E-state index in [1.807, 2.05) is 37.3 Å². The molecule has 98 valence electrons. The van der Waals surface area contributed by atoms with Gasteiger partial charge in [0.05, 0.1) is 18.6 Å². The van der Waals surface area contributed by atoms with Gasteiger partial charge in [0.15, 0.2) is 5.78 Å². The zero-order valence-electron chi connectivity index (χ0n) is 10.6. The number of carbonyl (C=O) groups excluding carboxylic acids is 1. The van der Waals surface area contributed by atoms with E-state index in [9.17, 15) is 4.79 Å². The molecule has 1 aromatic carbocycles. The van der Waals surface area contributed by atoms with Crippen molar-refractivity contribution >= 4 is 21.7 Å². The van der Waals surface area contributed by atoms with Gasteiger partial charge in [0, 0.05) is 16.4 Å². The highest BCUT2D eigenvalue weighted by molar-refractivity contribution is 9.10. The molecule has 0 radical (unpaired) electrons. The monoisotopic (exact) mass is 319 g/mol. The van der Waals surface area contributed by atoms with Gasteiger partial charge < -0.3 is 4.74 Å². The van der Waals surface area contributed by atoms with Crippen LogP contribution in [0.15, 0.2) is 47.1 Å². The van der Waals surface area contributed by atoms with Crippen molar-refractivity contribution in [3.63, 3.8) is 0 Å². The van der Waals surface area contributed by atoms with E-state index in [1.54, 1.807) is 12.3 Å². The third-order valence-corrected chi connectivity index (χ3v) is 3.09. The van der Waals surface area contributed by atoms with Crippen LogP contribution in [0.25, 0.3) is 0 Å². The maximum absolute atomic E-state index is 12.3. The van der Waals surface area contributed by atoms with E-state index in [4.69, 9.17) is 4.74 Å². The first-order valence-corrected chi connectivity index (χ1v) is 6.85. The standard InChI is InChI=1S/C15H14BrNO2/c1-2-19-15-6-4-3-5-13(15)14(18)9-12-8-7-11(16)10-17-12/h3-8,10H,2,9H2,1H3. The molecule has 0 saturated heterocycles. The normalized spacial score (nSPS) is 10.2. The number of hydrogen-bond donors (Lipinski definition) is 0. The van der Waals surface area contributed by atoms with Crippen LogP contribution in [0.3, 0.4) is 0 Å². The average molecular weight is 320 g/mol. The molecule has 1 aromatic heterocycles. The number of aromatic nitrogens is 1. The summed E-state index contributed by atoms with van der Waals surface area (Å²) in [7, 11) is 0. The molecule has 4 heteroatoms. The smallest absolute Gasteiger partial charge is 0.172 e. The van der Waals surface area contributed by atoms with Gasteiger partial charge in [0.1, 0.15) is 5.75 Å². The van der Waals surface area contributed by atoms with E-state index in [2.05, 4.69) is 20.9 Å². The molecule has 0 atom stereocenters. The third-order valence-electron chi connectivity index (χ3n) is 2.62. The molecule has 0 unspecified atom stereocenters. The van der Waals surface area contributed by atoms with Crippen molar-refractivity contribution in [1.82, 2.24) is 4.98 Å². The number of hydrogen-bond acceptors (Lipinski definition) is 3. The molecule has 0 spiro atoms. The highest BCUT2D eigenvalue weighted by Crippen LogP contribution is 2.20. The second kappa shape index (κ2) is 6.48. The van der Waals surface area contributed by atoms with Gasteiger partial charge in [-0.05, 0) is 47.1 Å². The van der Waals surface area contributed by atoms with Crippen molar-refractivity contribution in [2.75, 3.05) is 6.61 Å². The highest BCUT2D eigenvalue weighted by atomic mass is 79.9. The quantitative estimate of drug-likeness (QED) is 0.789. The minimum atomic E-state index is 0.0128. The number of rotatable bonds is 5. The van der Waals surface area contributed by atoms with Gasteiger partial charge in [-0.2, -0.15) is 0 Å². The topological polar surface area (TPSA) is 39.2 Å². The van der Waals surface area contributed by atoms with E-state index in [0.29, 0.717) is 17.9 Å². The lowest BCUT2D eigenvalue weighted by molar-refractivity contribution is 0.0988. The molecule has 2 aromatic rings. The molecular formula is C15H14BrNO2. The van der Waals surface area contributed by atoms with E-state index in [-0.39, 0.29) is 12.2 Å². The summed E-state index contributed by atoms with van der Waals surface area (Å²) in [5, 5.41) is 0. The Hall–Kier alpha value is -1.68. The lowest BCUT2D eigenvalue weighted by atomic mass is 10.1. The summed E-state index contributed by atoms with van der Waals surface area (Å²) in [4.78, 5) is 16.5. The summed E-state index contributed by atoms with van der Waals surface area (Å²) in [6, 6.07) is 11.0. The van der Waals surface area contributed by atoms with Gasteiger partial charge in [-0.25, -0.2) is 0 Å². The Kier molecular flexibility index (Phi) is 4.68. The summed E-state index contributed by atoms with van der Waals surface area (Å²) in [5.74, 6) is 0.644. The van der Waals surface area contributed by atoms with Crippen molar-refractivity contribution < 1.29 is 9.53 Å². The molecule has 0 fully saturated rings. The Balaban J connectivity index is 2.18. The Bertz CT molecular complexity index is 567. The van der Waals surface area contributed by atoms with Crippen molar-refractivity contribution in [2.24, 2.45) is 0 Å². The maximum atomic E-state index is 12.3. The molecule has 0 amide bonds. The van der Waals surface area contributed by atoms with Crippen molar-refractivity contribution in [3.8, 4) is 5.75 Å². The van der Waals surface area contributed by atoms with Gasteiger partial charge in [0.25, 0.3) is 0 Å². The van der Waals surface area contributed by atoms with Gasteiger partial charge in [-0.15, -0.1) is 0 Å². The average Bonchev–Trinajstić information content (AvgIpc) is 2.42. The SMILES string of the molecule is CCOc1ccccc1C(=O)Cc1ccc(Br)cn1. The first kappa shape index (κ1) is 13.7. The largest absolute Gasteiger partial charge is 0.493 e. The van der Waals surface area contributed by atoms with Crippen LogP contribution in [0.5, 0.6) is 5.75 Å². The van der Waals surface area contributed by atoms with Crippen LogP contribution in [0.1, 0.15) is 23.0 Å². The molecule has 0 aliphatic heterocycles. The number of nitrogens with zero attached hydrogens (tertiary/aromatic N) is 1. The zero-order valence-corrected chi connectivity index (χ0v) is 12.2. The number of ketones is 1. The Morgan fingerprint density at radius 2 is 2.05 bits per heavy atom. The molecule has 0 saturated carbocycles. The van der Waals surface area contributed by atoms with Gasteiger partial charge in [0.2, 0.25) is 0 Å². The van der Waals surface area contributed by atoms with E-state index in [0.717, 1.165) is 10.2 Å². The first-order chi connectivity index (χ1) is 9.20. The third kappa shape index (κ3) is 3.64. The van der Waals surface area contributed by atoms with Crippen LogP contribution < -0.4 is 4.74 Å².